The van der Waals surface area contributed by atoms with Crippen LogP contribution in [0.25, 0.3) is 5.82 Å². The van der Waals surface area contributed by atoms with E-state index in [2.05, 4.69) is 6.07 Å². The van der Waals surface area contributed by atoms with Crippen molar-refractivity contribution in [2.75, 3.05) is 9.80 Å². The molecule has 0 N–H and O–H groups in total. The van der Waals surface area contributed by atoms with Crippen molar-refractivity contribution in [3.8, 4) is 6.07 Å². The van der Waals surface area contributed by atoms with E-state index < -0.39 is 11.2 Å². The van der Waals surface area contributed by atoms with E-state index in [4.69, 9.17) is 11.6 Å². The number of nitrogens with zero attached hydrogens (tertiary/aromatic N) is 4. The Morgan fingerprint density at radius 2 is 1.67 bits per heavy atom. The summed E-state index contributed by atoms with van der Waals surface area (Å²) >= 11 is 6.25. The zero-order valence-electron chi connectivity index (χ0n) is 22.4. The van der Waals surface area contributed by atoms with Gasteiger partial charge in [-0.3, -0.25) is 14.5 Å². The van der Waals surface area contributed by atoms with Crippen LogP contribution < -0.4 is 9.80 Å². The molecule has 4 aromatic rings. The quantitative estimate of drug-likeness (QED) is 0.263. The van der Waals surface area contributed by atoms with Crippen LogP contribution in [-0.2, 0) is 21.5 Å². The Morgan fingerprint density at radius 1 is 0.929 bits per heavy atom. The lowest BCUT2D eigenvalue weighted by molar-refractivity contribution is -0.124. The lowest BCUT2D eigenvalue weighted by Gasteiger charge is -2.45. The fourth-order valence-corrected chi connectivity index (χ4v) is 6.80. The predicted octanol–water partition coefficient (Wildman–Crippen LogP) is 6.98. The number of aromatic nitrogens is 1. The van der Waals surface area contributed by atoms with E-state index in [0.717, 1.165) is 5.56 Å². The molecule has 3 heterocycles. The maximum absolute atomic E-state index is 15.0. The summed E-state index contributed by atoms with van der Waals surface area (Å²) in [6, 6.07) is 27.4. The second-order valence-corrected chi connectivity index (χ2v) is 11.0. The first-order valence-corrected chi connectivity index (χ1v) is 14.1. The number of halogens is 2. The molecule has 8 heteroatoms. The molecule has 3 aliphatic rings. The second kappa shape index (κ2) is 9.86. The third-order valence-electron chi connectivity index (χ3n) is 8.31. The van der Waals surface area contributed by atoms with E-state index in [-0.39, 0.29) is 35.3 Å². The molecule has 0 saturated carbocycles. The summed E-state index contributed by atoms with van der Waals surface area (Å²) in [7, 11) is 0. The number of nitriles is 1. The van der Waals surface area contributed by atoms with Crippen LogP contribution in [0, 0.1) is 17.1 Å². The number of carbonyl (C=O) groups is 2. The van der Waals surface area contributed by atoms with Crippen molar-refractivity contribution in [3.05, 3.63) is 136 Å². The number of amides is 1. The van der Waals surface area contributed by atoms with Gasteiger partial charge in [-0.05, 0) is 54.8 Å². The lowest BCUT2D eigenvalue weighted by atomic mass is 9.63. The molecule has 0 unspecified atom stereocenters. The van der Waals surface area contributed by atoms with Crippen molar-refractivity contribution in [2.45, 2.75) is 31.2 Å². The highest BCUT2D eigenvalue weighted by Crippen LogP contribution is 2.58. The Hall–Kier alpha value is -4.93. The Balaban J connectivity index is 1.58. The zero-order valence-corrected chi connectivity index (χ0v) is 23.2. The number of ketones is 1. The number of hydrogen-bond donors (Lipinski definition) is 0. The largest absolute Gasteiger partial charge is 0.309 e. The molecule has 0 radical (unpaired) electrons. The van der Waals surface area contributed by atoms with Crippen molar-refractivity contribution >= 4 is 40.5 Å². The Kier molecular flexibility index (Phi) is 6.10. The van der Waals surface area contributed by atoms with Gasteiger partial charge in [-0.2, -0.15) is 5.26 Å². The Morgan fingerprint density at radius 3 is 2.40 bits per heavy atom. The molecule has 1 aromatic heterocycles. The molecule has 2 aliphatic heterocycles. The number of Topliss-reactive ketones (excluding diaryl/α,β-unsaturated/α-hetero) is 1. The highest BCUT2D eigenvalue weighted by Gasteiger charge is 2.62. The molecule has 3 aromatic carbocycles. The molecule has 0 bridgehead atoms. The van der Waals surface area contributed by atoms with Crippen molar-refractivity contribution in [1.82, 2.24) is 4.57 Å². The van der Waals surface area contributed by atoms with Gasteiger partial charge < -0.3 is 9.47 Å². The van der Waals surface area contributed by atoms with Gasteiger partial charge in [-0.25, -0.2) is 4.39 Å². The SMILES string of the molecule is N#CC1=C(n2cccc2)N(c2ccc(F)c(Cl)c2)C2=C(C(=O)CCC2)[C@]12C(=O)N(Cc1ccccc1)c1ccccc12. The number of anilines is 2. The van der Waals surface area contributed by atoms with Gasteiger partial charge in [0, 0.05) is 47.0 Å². The predicted molar refractivity (Wildman–Crippen MR) is 159 cm³/mol. The molecular weight excluding hydrogens is 551 g/mol. The van der Waals surface area contributed by atoms with Crippen LogP contribution in [0.1, 0.15) is 30.4 Å². The van der Waals surface area contributed by atoms with Crippen LogP contribution in [0.3, 0.4) is 0 Å². The van der Waals surface area contributed by atoms with E-state index in [9.17, 15) is 14.4 Å². The summed E-state index contributed by atoms with van der Waals surface area (Å²) in [6.07, 6.45) is 4.90. The minimum absolute atomic E-state index is 0.0845. The average molecular weight is 575 g/mol. The van der Waals surface area contributed by atoms with Crippen LogP contribution in [0.5, 0.6) is 0 Å². The van der Waals surface area contributed by atoms with E-state index in [1.54, 1.807) is 32.8 Å². The smallest absolute Gasteiger partial charge is 0.248 e. The van der Waals surface area contributed by atoms with Crippen LogP contribution in [0.4, 0.5) is 15.8 Å². The molecule has 1 atom stereocenters. The summed E-state index contributed by atoms with van der Waals surface area (Å²) in [5.41, 5.74) is 2.08. The van der Waals surface area contributed by atoms with Gasteiger partial charge in [0.2, 0.25) is 5.91 Å². The molecule has 1 spiro atoms. The highest BCUT2D eigenvalue weighted by atomic mass is 35.5. The van der Waals surface area contributed by atoms with Gasteiger partial charge in [0.05, 0.1) is 17.1 Å². The van der Waals surface area contributed by atoms with E-state index in [1.165, 1.54) is 12.1 Å². The fourth-order valence-electron chi connectivity index (χ4n) is 6.62. The van der Waals surface area contributed by atoms with Crippen LogP contribution >= 0.6 is 11.6 Å². The molecule has 6 nitrogen and oxygen atoms in total. The summed E-state index contributed by atoms with van der Waals surface area (Å²) < 4.78 is 16.1. The minimum Gasteiger partial charge on any atom is -0.309 e. The molecular formula is C34H24ClFN4O2. The van der Waals surface area contributed by atoms with Gasteiger partial charge in [0.1, 0.15) is 23.1 Å². The number of fused-ring (bicyclic) bond motifs is 3. The molecule has 1 aliphatic carbocycles. The molecule has 7 rings (SSSR count). The molecule has 206 valence electrons. The Bertz CT molecular complexity index is 1870. The molecule has 1 amide bonds. The van der Waals surface area contributed by atoms with Crippen molar-refractivity contribution in [2.24, 2.45) is 0 Å². The fraction of sp³-hybridized carbons (Fsp3) is 0.147. The zero-order chi connectivity index (χ0) is 29.0. The standard InChI is InChI=1S/C34H24ClFN4O2/c35-26-19-23(15-16-27(26)36)40-29-13-8-14-30(41)31(29)34(25(20-37)32(40)38-17-6-7-18-38)24-11-4-5-12-28(24)39(33(34)42)21-22-9-2-1-3-10-22/h1-7,9-12,15-19H,8,13-14,21H2/t34-/m1/s1. The van der Waals surface area contributed by atoms with Gasteiger partial charge in [0.15, 0.2) is 5.78 Å². The number of para-hydroxylation sites is 1. The van der Waals surface area contributed by atoms with Crippen LogP contribution in [0.15, 0.2) is 114 Å². The first-order valence-electron chi connectivity index (χ1n) is 13.7. The van der Waals surface area contributed by atoms with Gasteiger partial charge >= 0.3 is 0 Å². The number of rotatable bonds is 4. The van der Waals surface area contributed by atoms with Gasteiger partial charge in [0.25, 0.3) is 0 Å². The molecule has 42 heavy (non-hydrogen) atoms. The molecule has 0 saturated heterocycles. The minimum atomic E-state index is -1.65. The van der Waals surface area contributed by atoms with Gasteiger partial charge in [-0.15, -0.1) is 0 Å². The van der Waals surface area contributed by atoms with Crippen molar-refractivity contribution < 1.29 is 14.0 Å². The lowest BCUT2D eigenvalue weighted by Crippen LogP contribution is -2.51. The van der Waals surface area contributed by atoms with Crippen molar-refractivity contribution in [1.29, 1.82) is 5.26 Å². The van der Waals surface area contributed by atoms with E-state index >= 15 is 4.79 Å². The number of benzene rings is 3. The van der Waals surface area contributed by atoms with Crippen LogP contribution in [0.2, 0.25) is 5.02 Å². The van der Waals surface area contributed by atoms with Crippen LogP contribution in [-0.4, -0.2) is 16.3 Å². The maximum atomic E-state index is 15.0. The monoisotopic (exact) mass is 574 g/mol. The Labute approximate surface area is 247 Å². The summed E-state index contributed by atoms with van der Waals surface area (Å²) in [4.78, 5) is 32.6. The highest BCUT2D eigenvalue weighted by molar-refractivity contribution is 6.31. The second-order valence-electron chi connectivity index (χ2n) is 10.6. The third-order valence-corrected chi connectivity index (χ3v) is 8.60. The topological polar surface area (TPSA) is 69.3 Å². The van der Waals surface area contributed by atoms with Gasteiger partial charge in [-0.1, -0.05) is 60.1 Å². The molecule has 0 fully saturated rings. The average Bonchev–Trinajstić information content (AvgIpc) is 3.62. The maximum Gasteiger partial charge on any atom is 0.248 e. The summed E-state index contributed by atoms with van der Waals surface area (Å²) in [5, 5.41) is 10.9. The first-order chi connectivity index (χ1) is 20.5. The first kappa shape index (κ1) is 26.0. The number of hydrogen-bond acceptors (Lipinski definition) is 4. The third kappa shape index (κ3) is 3.62. The van der Waals surface area contributed by atoms with Crippen molar-refractivity contribution in [3.63, 3.8) is 0 Å². The summed E-state index contributed by atoms with van der Waals surface area (Å²) in [6.45, 7) is 0.282. The van der Waals surface area contributed by atoms with E-state index in [0.29, 0.717) is 46.9 Å². The normalized spacial score (nSPS) is 19.8. The number of allylic oxidation sites excluding steroid dienone is 1. The summed E-state index contributed by atoms with van der Waals surface area (Å²) in [5.74, 6) is -0.693. The number of carbonyl (C=O) groups excluding carboxylic acids is 2. The van der Waals surface area contributed by atoms with E-state index in [1.807, 2.05) is 66.7 Å².